The maximum absolute atomic E-state index is 13.4. The normalized spacial score (nSPS) is 10.9. The Bertz CT molecular complexity index is 1030. The minimum atomic E-state index is -0.431. The van der Waals surface area contributed by atoms with Gasteiger partial charge in [-0.3, -0.25) is 4.79 Å². The van der Waals surface area contributed by atoms with Gasteiger partial charge in [0.1, 0.15) is 5.82 Å². The fourth-order valence-corrected chi connectivity index (χ4v) is 3.68. The van der Waals surface area contributed by atoms with Crippen LogP contribution in [0.4, 0.5) is 15.5 Å². The molecule has 0 aliphatic carbocycles. The number of carbonyl (C=O) groups is 1. The zero-order valence-corrected chi connectivity index (χ0v) is 17.4. The van der Waals surface area contributed by atoms with E-state index in [0.29, 0.717) is 22.9 Å². The molecule has 0 saturated carbocycles. The van der Waals surface area contributed by atoms with Crippen LogP contribution in [0.2, 0.25) is 5.02 Å². The number of halogens is 2. The number of rotatable bonds is 8. The van der Waals surface area contributed by atoms with E-state index >= 15 is 0 Å². The topological polar surface area (TPSA) is 106 Å². The third kappa shape index (κ3) is 5.61. The van der Waals surface area contributed by atoms with Crippen molar-refractivity contribution in [3.8, 4) is 21.8 Å². The summed E-state index contributed by atoms with van der Waals surface area (Å²) in [6.07, 6.45) is 1.87. The molecular formula is C19H20ClFN6OS. The number of carbonyl (C=O) groups excluding carboxylic acids is 1. The number of benzene rings is 1. The van der Waals surface area contributed by atoms with Crippen LogP contribution >= 0.6 is 22.9 Å². The van der Waals surface area contributed by atoms with E-state index in [1.165, 1.54) is 23.5 Å². The zero-order valence-electron chi connectivity index (χ0n) is 15.9. The second-order valence-electron chi connectivity index (χ2n) is 6.56. The van der Waals surface area contributed by atoms with E-state index in [9.17, 15) is 9.18 Å². The van der Waals surface area contributed by atoms with Gasteiger partial charge in [0.05, 0.1) is 21.3 Å². The molecule has 4 N–H and O–H groups in total. The van der Waals surface area contributed by atoms with E-state index in [2.05, 4.69) is 25.6 Å². The van der Waals surface area contributed by atoms with Crippen LogP contribution in [0.5, 0.6) is 0 Å². The van der Waals surface area contributed by atoms with Crippen molar-refractivity contribution in [2.24, 2.45) is 5.73 Å². The van der Waals surface area contributed by atoms with Crippen molar-refractivity contribution in [3.63, 3.8) is 0 Å². The van der Waals surface area contributed by atoms with E-state index in [-0.39, 0.29) is 24.0 Å². The SMILES string of the molecule is CC(C)Nc1ncc(-c2cc(-c3ccc(F)cc3Cl)nc(NCCC(N)=O)n2)s1. The molecule has 0 unspecified atom stereocenters. The maximum atomic E-state index is 13.4. The number of nitrogens with two attached hydrogens (primary N) is 1. The van der Waals surface area contributed by atoms with E-state index in [1.807, 2.05) is 13.8 Å². The van der Waals surface area contributed by atoms with Crippen LogP contribution in [0.3, 0.4) is 0 Å². The number of nitrogens with zero attached hydrogens (tertiary/aromatic N) is 3. The first-order chi connectivity index (χ1) is 13.8. The molecule has 1 aromatic carbocycles. The largest absolute Gasteiger partial charge is 0.370 e. The number of nitrogens with one attached hydrogen (secondary N) is 2. The number of hydrogen-bond donors (Lipinski definition) is 3. The average molecular weight is 435 g/mol. The van der Waals surface area contributed by atoms with Crippen LogP contribution in [0.25, 0.3) is 21.8 Å². The van der Waals surface area contributed by atoms with Crippen molar-refractivity contribution in [2.75, 3.05) is 17.2 Å². The third-order valence-electron chi connectivity index (χ3n) is 3.76. The Hall–Kier alpha value is -2.78. The predicted molar refractivity (Wildman–Crippen MR) is 115 cm³/mol. The van der Waals surface area contributed by atoms with Gasteiger partial charge in [0.2, 0.25) is 11.9 Å². The first-order valence-electron chi connectivity index (χ1n) is 8.91. The second kappa shape index (κ2) is 9.15. The Morgan fingerprint density at radius 3 is 2.72 bits per heavy atom. The molecule has 2 aromatic heterocycles. The molecule has 0 atom stereocenters. The van der Waals surface area contributed by atoms with Gasteiger partial charge in [-0.05, 0) is 38.1 Å². The quantitative estimate of drug-likeness (QED) is 0.491. The van der Waals surface area contributed by atoms with Crippen molar-refractivity contribution in [1.82, 2.24) is 15.0 Å². The predicted octanol–water partition coefficient (Wildman–Crippen LogP) is 4.17. The third-order valence-corrected chi connectivity index (χ3v) is 5.02. The van der Waals surface area contributed by atoms with Gasteiger partial charge in [-0.25, -0.2) is 19.3 Å². The van der Waals surface area contributed by atoms with E-state index in [0.717, 1.165) is 10.0 Å². The van der Waals surface area contributed by atoms with Crippen LogP contribution in [0.1, 0.15) is 20.3 Å². The molecule has 3 rings (SSSR count). The van der Waals surface area contributed by atoms with Crippen LogP contribution in [0.15, 0.2) is 30.5 Å². The van der Waals surface area contributed by atoms with Gasteiger partial charge in [0.25, 0.3) is 0 Å². The van der Waals surface area contributed by atoms with E-state index < -0.39 is 11.7 Å². The summed E-state index contributed by atoms with van der Waals surface area (Å²) in [7, 11) is 0. The van der Waals surface area contributed by atoms with E-state index in [1.54, 1.807) is 18.3 Å². The number of hydrogen-bond acceptors (Lipinski definition) is 7. The van der Waals surface area contributed by atoms with Crippen LogP contribution in [0, 0.1) is 5.82 Å². The molecule has 0 spiro atoms. The monoisotopic (exact) mass is 434 g/mol. The minimum absolute atomic E-state index is 0.142. The summed E-state index contributed by atoms with van der Waals surface area (Å²) in [6.45, 7) is 4.35. The van der Waals surface area contributed by atoms with E-state index in [4.69, 9.17) is 17.3 Å². The summed E-state index contributed by atoms with van der Waals surface area (Å²) in [6, 6.07) is 6.14. The molecule has 0 saturated heterocycles. The molecular weight excluding hydrogens is 415 g/mol. The highest BCUT2D eigenvalue weighted by molar-refractivity contribution is 7.18. The Balaban J connectivity index is 2.00. The highest BCUT2D eigenvalue weighted by Gasteiger charge is 2.14. The number of primary amides is 1. The Morgan fingerprint density at radius 2 is 2.03 bits per heavy atom. The molecule has 0 aliphatic heterocycles. The van der Waals surface area contributed by atoms with Gasteiger partial charge in [-0.2, -0.15) is 0 Å². The van der Waals surface area contributed by atoms with Crippen molar-refractivity contribution >= 4 is 39.9 Å². The van der Waals surface area contributed by atoms with Crippen LogP contribution < -0.4 is 16.4 Å². The summed E-state index contributed by atoms with van der Waals surface area (Å²) in [5.74, 6) is -0.548. The first-order valence-corrected chi connectivity index (χ1v) is 10.1. The van der Waals surface area contributed by atoms with Gasteiger partial charge < -0.3 is 16.4 Å². The van der Waals surface area contributed by atoms with Gasteiger partial charge in [0, 0.05) is 30.8 Å². The Kier molecular flexibility index (Phi) is 6.60. The van der Waals surface area contributed by atoms with Gasteiger partial charge in [0.15, 0.2) is 5.13 Å². The second-order valence-corrected chi connectivity index (χ2v) is 8.00. The standard InChI is InChI=1S/C19H20ClFN6OS/c1-10(2)25-19-24-9-16(29-19)15-8-14(12-4-3-11(21)7-13(12)20)26-18(27-15)23-6-5-17(22)28/h3-4,7-10H,5-6H2,1-2H3,(H2,22,28)(H,24,25)(H,23,26,27). The molecule has 2 heterocycles. The first kappa shape index (κ1) is 20.9. The molecule has 0 fully saturated rings. The number of thiazole rings is 1. The van der Waals surface area contributed by atoms with Crippen molar-refractivity contribution in [3.05, 3.63) is 41.3 Å². The summed E-state index contributed by atoms with van der Waals surface area (Å²) in [5, 5.41) is 7.26. The summed E-state index contributed by atoms with van der Waals surface area (Å²) in [5.41, 5.74) is 6.91. The molecule has 0 aliphatic rings. The lowest BCUT2D eigenvalue weighted by Gasteiger charge is -2.10. The van der Waals surface area contributed by atoms with Crippen LogP contribution in [-0.2, 0) is 4.79 Å². The summed E-state index contributed by atoms with van der Waals surface area (Å²) in [4.78, 5) is 25.2. The zero-order chi connectivity index (χ0) is 21.0. The van der Waals surface area contributed by atoms with Gasteiger partial charge in [-0.1, -0.05) is 22.9 Å². The molecule has 7 nitrogen and oxygen atoms in total. The highest BCUT2D eigenvalue weighted by Crippen LogP contribution is 2.33. The lowest BCUT2D eigenvalue weighted by atomic mass is 10.1. The van der Waals surface area contributed by atoms with Crippen molar-refractivity contribution < 1.29 is 9.18 Å². The van der Waals surface area contributed by atoms with Crippen molar-refractivity contribution in [2.45, 2.75) is 26.3 Å². The molecule has 10 heteroatoms. The smallest absolute Gasteiger partial charge is 0.223 e. The van der Waals surface area contributed by atoms with Gasteiger partial charge >= 0.3 is 0 Å². The van der Waals surface area contributed by atoms with Crippen LogP contribution in [-0.4, -0.2) is 33.4 Å². The molecule has 29 heavy (non-hydrogen) atoms. The fraction of sp³-hybridized carbons (Fsp3) is 0.263. The minimum Gasteiger partial charge on any atom is -0.370 e. The highest BCUT2D eigenvalue weighted by atomic mass is 35.5. The Morgan fingerprint density at radius 1 is 1.28 bits per heavy atom. The maximum Gasteiger partial charge on any atom is 0.223 e. The fourth-order valence-electron chi connectivity index (χ4n) is 2.49. The lowest BCUT2D eigenvalue weighted by Crippen LogP contribution is -2.16. The molecule has 0 radical (unpaired) electrons. The number of amides is 1. The molecule has 152 valence electrons. The molecule has 3 aromatic rings. The van der Waals surface area contributed by atoms with Crippen molar-refractivity contribution in [1.29, 1.82) is 0 Å². The lowest BCUT2D eigenvalue weighted by molar-refractivity contribution is -0.117. The molecule has 1 amide bonds. The summed E-state index contributed by atoms with van der Waals surface area (Å²) >= 11 is 7.68. The number of aromatic nitrogens is 3. The Labute approximate surface area is 176 Å². The summed E-state index contributed by atoms with van der Waals surface area (Å²) < 4.78 is 13.4. The molecule has 0 bridgehead atoms. The van der Waals surface area contributed by atoms with Gasteiger partial charge in [-0.15, -0.1) is 0 Å². The number of anilines is 2. The average Bonchev–Trinajstić information content (AvgIpc) is 3.09.